The molecule has 1 amide bonds. The normalized spacial score (nSPS) is 13.7. The lowest BCUT2D eigenvalue weighted by Crippen LogP contribution is -2.44. The zero-order chi connectivity index (χ0) is 14.1. The minimum absolute atomic E-state index is 0.105. The molecule has 0 saturated carbocycles. The number of hydrogen-bond acceptors (Lipinski definition) is 4. The Morgan fingerprint density at radius 3 is 2.28 bits per heavy atom. The first kappa shape index (κ1) is 16.4. The van der Waals surface area contributed by atoms with Crippen LogP contribution >= 0.6 is 0 Å². The van der Waals surface area contributed by atoms with Gasteiger partial charge in [0.05, 0.1) is 0 Å². The van der Waals surface area contributed by atoms with Crippen LogP contribution in [0.3, 0.4) is 0 Å². The van der Waals surface area contributed by atoms with Gasteiger partial charge < -0.3 is 20.8 Å². The maximum Gasteiger partial charge on any atom is 0.326 e. The SMILES string of the molecule is CNCC(C)C(=O)N[C@H](CCCC(=O)O)C(=O)O. The van der Waals surface area contributed by atoms with Gasteiger partial charge in [-0.05, 0) is 19.9 Å². The van der Waals surface area contributed by atoms with Crippen molar-refractivity contribution in [1.29, 1.82) is 0 Å². The van der Waals surface area contributed by atoms with Gasteiger partial charge in [-0.1, -0.05) is 6.92 Å². The van der Waals surface area contributed by atoms with E-state index in [2.05, 4.69) is 10.6 Å². The lowest BCUT2D eigenvalue weighted by molar-refractivity contribution is -0.143. The molecule has 0 spiro atoms. The van der Waals surface area contributed by atoms with Crippen molar-refractivity contribution in [1.82, 2.24) is 10.6 Å². The number of amides is 1. The first-order chi connectivity index (χ1) is 8.38. The first-order valence-electron chi connectivity index (χ1n) is 5.78. The number of carbonyl (C=O) groups excluding carboxylic acids is 1. The fourth-order valence-electron chi connectivity index (χ4n) is 1.43. The zero-order valence-electron chi connectivity index (χ0n) is 10.6. The molecular weight excluding hydrogens is 240 g/mol. The monoisotopic (exact) mass is 260 g/mol. The largest absolute Gasteiger partial charge is 0.481 e. The number of carbonyl (C=O) groups is 3. The van der Waals surface area contributed by atoms with Crippen molar-refractivity contribution in [2.45, 2.75) is 32.2 Å². The topological polar surface area (TPSA) is 116 Å². The van der Waals surface area contributed by atoms with Crippen LogP contribution in [-0.4, -0.2) is 47.7 Å². The van der Waals surface area contributed by atoms with Crippen molar-refractivity contribution >= 4 is 17.8 Å². The number of carboxylic acids is 2. The van der Waals surface area contributed by atoms with Crippen LogP contribution in [0.1, 0.15) is 26.2 Å². The molecule has 0 heterocycles. The van der Waals surface area contributed by atoms with E-state index < -0.39 is 18.0 Å². The third-order valence-corrected chi connectivity index (χ3v) is 2.46. The summed E-state index contributed by atoms with van der Waals surface area (Å²) in [5.41, 5.74) is 0. The lowest BCUT2D eigenvalue weighted by Gasteiger charge is -2.17. The van der Waals surface area contributed by atoms with Crippen molar-refractivity contribution < 1.29 is 24.6 Å². The van der Waals surface area contributed by atoms with E-state index in [0.29, 0.717) is 6.54 Å². The molecule has 18 heavy (non-hydrogen) atoms. The molecule has 0 aliphatic rings. The van der Waals surface area contributed by atoms with Crippen LogP contribution in [-0.2, 0) is 14.4 Å². The molecule has 0 aliphatic heterocycles. The third-order valence-electron chi connectivity index (χ3n) is 2.46. The van der Waals surface area contributed by atoms with Crippen molar-refractivity contribution in [2.75, 3.05) is 13.6 Å². The van der Waals surface area contributed by atoms with E-state index >= 15 is 0 Å². The summed E-state index contributed by atoms with van der Waals surface area (Å²) in [4.78, 5) is 32.9. The molecule has 0 aromatic carbocycles. The third kappa shape index (κ3) is 6.85. The molecule has 0 aromatic rings. The molecule has 0 rings (SSSR count). The van der Waals surface area contributed by atoms with Gasteiger partial charge in [-0.15, -0.1) is 0 Å². The van der Waals surface area contributed by atoms with Crippen LogP contribution < -0.4 is 10.6 Å². The molecule has 0 aromatic heterocycles. The van der Waals surface area contributed by atoms with Gasteiger partial charge in [-0.25, -0.2) is 4.79 Å². The second-order valence-corrected chi connectivity index (χ2v) is 4.14. The van der Waals surface area contributed by atoms with Gasteiger partial charge in [0.1, 0.15) is 6.04 Å². The summed E-state index contributed by atoms with van der Waals surface area (Å²) >= 11 is 0. The highest BCUT2D eigenvalue weighted by atomic mass is 16.4. The highest BCUT2D eigenvalue weighted by Gasteiger charge is 2.22. The van der Waals surface area contributed by atoms with Gasteiger partial charge in [0.2, 0.25) is 5.91 Å². The summed E-state index contributed by atoms with van der Waals surface area (Å²) in [6.07, 6.45) is 0.221. The summed E-state index contributed by atoms with van der Waals surface area (Å²) in [6.45, 7) is 2.13. The van der Waals surface area contributed by atoms with Crippen LogP contribution in [0, 0.1) is 5.92 Å². The standard InChI is InChI=1S/C11H20N2O5/c1-7(6-12-2)10(16)13-8(11(17)18)4-3-5-9(14)15/h7-8,12H,3-6H2,1-2H3,(H,13,16)(H,14,15)(H,17,18)/t7?,8-/m1/s1. The van der Waals surface area contributed by atoms with Gasteiger partial charge in [-0.2, -0.15) is 0 Å². The second kappa shape index (κ2) is 8.46. The molecule has 2 atom stereocenters. The highest BCUT2D eigenvalue weighted by Crippen LogP contribution is 2.03. The number of carboxylic acid groups (broad SMARTS) is 2. The van der Waals surface area contributed by atoms with E-state index in [1.54, 1.807) is 14.0 Å². The molecule has 7 nitrogen and oxygen atoms in total. The van der Waals surface area contributed by atoms with E-state index in [1.165, 1.54) is 0 Å². The molecule has 7 heteroatoms. The predicted octanol–water partition coefficient (Wildman–Crippen LogP) is -0.334. The zero-order valence-corrected chi connectivity index (χ0v) is 10.6. The van der Waals surface area contributed by atoms with Crippen LogP contribution in [0.15, 0.2) is 0 Å². The molecular formula is C11H20N2O5. The summed E-state index contributed by atoms with van der Waals surface area (Å²) in [5, 5.41) is 22.6. The number of hydrogen-bond donors (Lipinski definition) is 4. The van der Waals surface area contributed by atoms with Crippen LogP contribution in [0.4, 0.5) is 0 Å². The van der Waals surface area contributed by atoms with E-state index in [1.807, 2.05) is 0 Å². The Balaban J connectivity index is 4.22. The van der Waals surface area contributed by atoms with E-state index in [-0.39, 0.29) is 31.1 Å². The molecule has 4 N–H and O–H groups in total. The summed E-state index contributed by atoms with van der Waals surface area (Å²) < 4.78 is 0. The van der Waals surface area contributed by atoms with Crippen molar-refractivity contribution in [2.24, 2.45) is 5.92 Å². The fourth-order valence-corrected chi connectivity index (χ4v) is 1.43. The molecule has 0 radical (unpaired) electrons. The average molecular weight is 260 g/mol. The molecule has 1 unspecified atom stereocenters. The Bertz CT molecular complexity index is 306. The van der Waals surface area contributed by atoms with Crippen LogP contribution in [0.25, 0.3) is 0 Å². The predicted molar refractivity (Wildman–Crippen MR) is 64.1 cm³/mol. The quantitative estimate of drug-likeness (QED) is 0.451. The van der Waals surface area contributed by atoms with Crippen molar-refractivity contribution in [3.05, 3.63) is 0 Å². The Kier molecular flexibility index (Phi) is 7.69. The van der Waals surface area contributed by atoms with E-state index in [0.717, 1.165) is 0 Å². The first-order valence-corrected chi connectivity index (χ1v) is 5.78. The molecule has 0 saturated heterocycles. The Morgan fingerprint density at radius 1 is 1.22 bits per heavy atom. The number of nitrogens with one attached hydrogen (secondary N) is 2. The average Bonchev–Trinajstić information content (AvgIpc) is 2.27. The van der Waals surface area contributed by atoms with Crippen molar-refractivity contribution in [3.8, 4) is 0 Å². The fraction of sp³-hybridized carbons (Fsp3) is 0.727. The minimum atomic E-state index is -1.15. The molecule has 0 aliphatic carbocycles. The van der Waals surface area contributed by atoms with Gasteiger partial charge in [0.15, 0.2) is 0 Å². The Labute approximate surface area is 106 Å². The smallest absolute Gasteiger partial charge is 0.326 e. The Morgan fingerprint density at radius 2 is 1.83 bits per heavy atom. The van der Waals surface area contributed by atoms with Gasteiger partial charge in [-0.3, -0.25) is 9.59 Å². The summed E-state index contributed by atoms with van der Waals surface area (Å²) in [5.74, 6) is -2.82. The van der Waals surface area contributed by atoms with Gasteiger partial charge in [0, 0.05) is 18.9 Å². The summed E-state index contributed by atoms with van der Waals surface area (Å²) in [7, 11) is 1.70. The molecule has 104 valence electrons. The van der Waals surface area contributed by atoms with Crippen LogP contribution in [0.2, 0.25) is 0 Å². The van der Waals surface area contributed by atoms with Gasteiger partial charge >= 0.3 is 11.9 Å². The van der Waals surface area contributed by atoms with Crippen LogP contribution in [0.5, 0.6) is 0 Å². The highest BCUT2D eigenvalue weighted by molar-refractivity contribution is 5.84. The maximum absolute atomic E-state index is 11.6. The number of rotatable bonds is 9. The van der Waals surface area contributed by atoms with E-state index in [9.17, 15) is 14.4 Å². The lowest BCUT2D eigenvalue weighted by atomic mass is 10.1. The minimum Gasteiger partial charge on any atom is -0.481 e. The number of aliphatic carboxylic acids is 2. The van der Waals surface area contributed by atoms with E-state index in [4.69, 9.17) is 10.2 Å². The molecule has 0 fully saturated rings. The molecule has 0 bridgehead atoms. The second-order valence-electron chi connectivity index (χ2n) is 4.14. The summed E-state index contributed by atoms with van der Waals surface area (Å²) in [6, 6.07) is -1.03. The van der Waals surface area contributed by atoms with Gasteiger partial charge in [0.25, 0.3) is 0 Å². The van der Waals surface area contributed by atoms with Crippen molar-refractivity contribution in [3.63, 3.8) is 0 Å². The Hall–Kier alpha value is -1.63. The maximum atomic E-state index is 11.6.